The first-order valence-corrected chi connectivity index (χ1v) is 10.8. The number of nitrogens with zero attached hydrogens (tertiary/aromatic N) is 5. The molecule has 10 heteroatoms. The first-order chi connectivity index (χ1) is 16.6. The van der Waals surface area contributed by atoms with Crippen LogP contribution in [0.3, 0.4) is 0 Å². The summed E-state index contributed by atoms with van der Waals surface area (Å²) in [4.78, 5) is 24.4. The lowest BCUT2D eigenvalue weighted by molar-refractivity contribution is 0.208. The third-order valence-corrected chi connectivity index (χ3v) is 5.94. The van der Waals surface area contributed by atoms with E-state index in [1.54, 1.807) is 24.4 Å². The van der Waals surface area contributed by atoms with E-state index in [1.165, 1.54) is 16.8 Å². The molecule has 0 saturated carbocycles. The fraction of sp³-hybridized carbons (Fsp3) is 0.167. The molecule has 5 aromatic rings. The number of aromatic amines is 1. The molecule has 1 unspecified atom stereocenters. The highest BCUT2D eigenvalue weighted by Crippen LogP contribution is 2.32. The molecule has 1 aliphatic heterocycles. The molecule has 34 heavy (non-hydrogen) atoms. The highest BCUT2D eigenvalue weighted by molar-refractivity contribution is 6.02. The molecule has 6 rings (SSSR count). The number of likely N-dealkylation sites (N-methyl/N-ethyl adjacent to an activating group) is 1. The van der Waals surface area contributed by atoms with Crippen molar-refractivity contribution >= 4 is 33.6 Å². The van der Waals surface area contributed by atoms with Gasteiger partial charge in [-0.05, 0) is 24.3 Å². The molecule has 3 aromatic heterocycles. The number of halogens is 1. The van der Waals surface area contributed by atoms with Crippen molar-refractivity contribution in [1.29, 1.82) is 0 Å². The van der Waals surface area contributed by atoms with Gasteiger partial charge in [0.25, 0.3) is 5.56 Å². The van der Waals surface area contributed by atoms with Gasteiger partial charge in [-0.25, -0.2) is 9.37 Å². The minimum Gasteiger partial charge on any atom is -0.485 e. The zero-order chi connectivity index (χ0) is 23.2. The highest BCUT2D eigenvalue weighted by Gasteiger charge is 2.23. The van der Waals surface area contributed by atoms with Crippen LogP contribution in [0.15, 0.2) is 65.7 Å². The van der Waals surface area contributed by atoms with Crippen molar-refractivity contribution in [3.8, 4) is 11.4 Å². The third kappa shape index (κ3) is 3.22. The molecular weight excluding hydrogens is 437 g/mol. The second-order valence-electron chi connectivity index (χ2n) is 8.14. The lowest BCUT2D eigenvalue weighted by Crippen LogP contribution is -2.41. The van der Waals surface area contributed by atoms with Gasteiger partial charge < -0.3 is 15.0 Å². The normalized spacial score (nSPS) is 15.4. The maximum atomic E-state index is 14.7. The Hall–Kier alpha value is -4.47. The Morgan fingerprint density at radius 2 is 1.94 bits per heavy atom. The molecule has 0 radical (unpaired) electrons. The van der Waals surface area contributed by atoms with Crippen LogP contribution in [-0.4, -0.2) is 51.0 Å². The number of anilines is 2. The molecule has 0 saturated heterocycles. The Kier molecular flexibility index (Phi) is 4.65. The number of H-pyrrole nitrogens is 1. The predicted octanol–water partition coefficient (Wildman–Crippen LogP) is 3.11. The maximum Gasteiger partial charge on any atom is 0.267 e. The number of hydrogen-bond donors (Lipinski definition) is 2. The molecule has 0 aliphatic carbocycles. The molecule has 1 atom stereocenters. The van der Waals surface area contributed by atoms with Gasteiger partial charge in [-0.1, -0.05) is 24.3 Å². The summed E-state index contributed by atoms with van der Waals surface area (Å²) in [6.45, 7) is 1.13. The summed E-state index contributed by atoms with van der Waals surface area (Å²) in [5, 5.41) is 11.0. The van der Waals surface area contributed by atoms with Crippen LogP contribution in [-0.2, 0) is 0 Å². The van der Waals surface area contributed by atoms with E-state index in [0.717, 1.165) is 11.4 Å². The van der Waals surface area contributed by atoms with Crippen LogP contribution in [0.2, 0.25) is 0 Å². The topological polar surface area (TPSA) is 101 Å². The summed E-state index contributed by atoms with van der Waals surface area (Å²) < 4.78 is 22.1. The number of benzene rings is 2. The number of ether oxygens (including phenoxy) is 1. The van der Waals surface area contributed by atoms with Gasteiger partial charge in [0.2, 0.25) is 5.95 Å². The summed E-state index contributed by atoms with van der Waals surface area (Å²) in [6, 6.07) is 14.0. The van der Waals surface area contributed by atoms with Crippen LogP contribution in [0.25, 0.3) is 27.6 Å². The maximum absolute atomic E-state index is 14.7. The molecule has 9 nitrogen and oxygen atoms in total. The lowest BCUT2D eigenvalue weighted by atomic mass is 10.2. The van der Waals surface area contributed by atoms with Gasteiger partial charge >= 0.3 is 0 Å². The Morgan fingerprint density at radius 3 is 2.79 bits per heavy atom. The smallest absolute Gasteiger partial charge is 0.267 e. The summed E-state index contributed by atoms with van der Waals surface area (Å²) in [5.41, 5.74) is 1.43. The number of para-hydroxylation sites is 3. The molecule has 0 spiro atoms. The van der Waals surface area contributed by atoms with Gasteiger partial charge in [0, 0.05) is 19.4 Å². The van der Waals surface area contributed by atoms with E-state index in [9.17, 15) is 9.18 Å². The van der Waals surface area contributed by atoms with Crippen molar-refractivity contribution in [3.05, 3.63) is 77.1 Å². The molecule has 0 bridgehead atoms. The van der Waals surface area contributed by atoms with Crippen molar-refractivity contribution in [2.24, 2.45) is 0 Å². The van der Waals surface area contributed by atoms with E-state index in [-0.39, 0.29) is 17.4 Å². The van der Waals surface area contributed by atoms with E-state index in [4.69, 9.17) is 4.74 Å². The molecular formula is C24H20FN7O2. The van der Waals surface area contributed by atoms with Gasteiger partial charge in [-0.15, -0.1) is 0 Å². The second kappa shape index (κ2) is 7.84. The van der Waals surface area contributed by atoms with E-state index < -0.39 is 11.4 Å². The minimum atomic E-state index is -0.529. The average Bonchev–Trinajstić information content (AvgIpc) is 3.35. The molecule has 0 amide bonds. The lowest BCUT2D eigenvalue weighted by Gasteiger charge is -2.33. The Balaban J connectivity index is 1.39. The van der Waals surface area contributed by atoms with E-state index in [0.29, 0.717) is 35.3 Å². The minimum absolute atomic E-state index is 0.110. The fourth-order valence-corrected chi connectivity index (χ4v) is 4.33. The molecule has 2 N–H and O–H groups in total. The van der Waals surface area contributed by atoms with Gasteiger partial charge in [0.1, 0.15) is 23.2 Å². The average molecular weight is 457 g/mol. The van der Waals surface area contributed by atoms with Crippen LogP contribution in [0.4, 0.5) is 16.0 Å². The second-order valence-corrected chi connectivity index (χ2v) is 8.14. The Labute approximate surface area is 192 Å². The first-order valence-electron chi connectivity index (χ1n) is 10.8. The number of pyridine rings is 1. The number of fused-ring (bicyclic) bond motifs is 4. The van der Waals surface area contributed by atoms with Crippen LogP contribution in [0.1, 0.15) is 0 Å². The zero-order valence-electron chi connectivity index (χ0n) is 18.2. The van der Waals surface area contributed by atoms with E-state index in [2.05, 4.69) is 30.4 Å². The Morgan fingerprint density at radius 1 is 1.15 bits per heavy atom. The van der Waals surface area contributed by atoms with Gasteiger partial charge in [0.15, 0.2) is 5.65 Å². The van der Waals surface area contributed by atoms with E-state index >= 15 is 0 Å². The number of rotatable bonds is 4. The standard InChI is InChI=1S/C24H20FN7O2/c1-31-13-14(34-20-9-5-4-8-19(20)31)10-26-24-27-11-15-21-16(12-28-30-21)23(33)32(22(15)29-24)18-7-3-2-6-17(18)25/h2-9,11-12,14H,10,13H2,1H3,(H,28,30)(H,26,27,29). The van der Waals surface area contributed by atoms with Crippen LogP contribution < -0.4 is 20.5 Å². The third-order valence-electron chi connectivity index (χ3n) is 5.94. The van der Waals surface area contributed by atoms with Gasteiger partial charge in [-0.2, -0.15) is 10.1 Å². The predicted molar refractivity (Wildman–Crippen MR) is 127 cm³/mol. The van der Waals surface area contributed by atoms with Crippen LogP contribution in [0, 0.1) is 5.82 Å². The molecule has 1 aliphatic rings. The summed E-state index contributed by atoms with van der Waals surface area (Å²) in [7, 11) is 2.02. The van der Waals surface area contributed by atoms with Gasteiger partial charge in [-0.3, -0.25) is 14.5 Å². The summed E-state index contributed by atoms with van der Waals surface area (Å²) in [6.07, 6.45) is 2.95. The zero-order valence-corrected chi connectivity index (χ0v) is 18.2. The quantitative estimate of drug-likeness (QED) is 0.428. The molecule has 2 aromatic carbocycles. The molecule has 170 valence electrons. The number of aromatic nitrogens is 5. The number of nitrogens with one attached hydrogen (secondary N) is 2. The summed E-state index contributed by atoms with van der Waals surface area (Å²) >= 11 is 0. The fourth-order valence-electron chi connectivity index (χ4n) is 4.33. The monoisotopic (exact) mass is 457 g/mol. The largest absolute Gasteiger partial charge is 0.485 e. The number of hydrogen-bond acceptors (Lipinski definition) is 7. The molecule has 4 heterocycles. The first kappa shape index (κ1) is 20.2. The Bertz CT molecular complexity index is 1600. The van der Waals surface area contributed by atoms with Gasteiger partial charge in [0.05, 0.1) is 35.2 Å². The van der Waals surface area contributed by atoms with Crippen molar-refractivity contribution in [2.75, 3.05) is 30.4 Å². The van der Waals surface area contributed by atoms with Crippen molar-refractivity contribution in [2.45, 2.75) is 6.10 Å². The summed E-state index contributed by atoms with van der Waals surface area (Å²) in [5.74, 6) is 0.591. The van der Waals surface area contributed by atoms with Crippen LogP contribution >= 0.6 is 0 Å². The van der Waals surface area contributed by atoms with Crippen molar-refractivity contribution in [1.82, 2.24) is 24.7 Å². The van der Waals surface area contributed by atoms with E-state index in [1.807, 2.05) is 31.3 Å². The highest BCUT2D eigenvalue weighted by atomic mass is 19.1. The van der Waals surface area contributed by atoms with Crippen molar-refractivity contribution < 1.29 is 9.13 Å². The SMILES string of the molecule is CN1CC(CNc2ncc3c4n[nH]cc4c(=O)n(-c4ccccc4F)c3n2)Oc2ccccc21. The van der Waals surface area contributed by atoms with Crippen LogP contribution in [0.5, 0.6) is 5.75 Å². The van der Waals surface area contributed by atoms with Crippen molar-refractivity contribution in [3.63, 3.8) is 0 Å². The molecule has 0 fully saturated rings.